The summed E-state index contributed by atoms with van der Waals surface area (Å²) in [6.45, 7) is 3.42. The molecule has 1 aromatic heterocycles. The molecule has 0 spiro atoms. The molecule has 5 rings (SSSR count). The number of nitrogens with one attached hydrogen (secondary N) is 6. The van der Waals surface area contributed by atoms with Gasteiger partial charge in [-0.1, -0.05) is 18.2 Å². The molecule has 21 nitrogen and oxygen atoms in total. The van der Waals surface area contributed by atoms with E-state index in [2.05, 4.69) is 31.9 Å². The van der Waals surface area contributed by atoms with Crippen molar-refractivity contribution in [3.8, 4) is 0 Å². The number of thioether (sulfide) groups is 1. The van der Waals surface area contributed by atoms with Crippen LogP contribution in [0.25, 0.3) is 10.9 Å². The van der Waals surface area contributed by atoms with Crippen molar-refractivity contribution in [3.05, 3.63) is 29.8 Å². The lowest BCUT2D eigenvalue weighted by Crippen LogP contribution is -2.61. The van der Waals surface area contributed by atoms with E-state index in [-0.39, 0.29) is 36.7 Å². The zero-order chi connectivity index (χ0) is 43.5. The van der Waals surface area contributed by atoms with Gasteiger partial charge in [0, 0.05) is 42.5 Å². The Bertz CT molecular complexity index is 2010. The zero-order valence-corrected chi connectivity index (χ0v) is 33.7. The molecule has 10 atom stereocenters. The number of aliphatic hydroxyl groups excluding tert-OH is 3. The third kappa shape index (κ3) is 10.3. The average Bonchev–Trinajstić information content (AvgIpc) is 3.70. The van der Waals surface area contributed by atoms with E-state index in [0.29, 0.717) is 16.5 Å². The Morgan fingerprint density at radius 3 is 2.17 bits per heavy atom. The van der Waals surface area contributed by atoms with Crippen molar-refractivity contribution in [1.29, 1.82) is 0 Å². The highest BCUT2D eigenvalue weighted by Gasteiger charge is 2.44. The second-order valence-electron chi connectivity index (χ2n) is 15.5. The quantitative estimate of drug-likeness (QED) is 0.130. The smallest absolute Gasteiger partial charge is 0.246 e. The van der Waals surface area contributed by atoms with Crippen LogP contribution >= 0.6 is 11.8 Å². The van der Waals surface area contributed by atoms with E-state index in [1.165, 1.54) is 27.7 Å². The lowest BCUT2D eigenvalue weighted by Gasteiger charge is -2.31. The monoisotopic (exact) mass is 845 g/mol. The number of primary amides is 1. The summed E-state index contributed by atoms with van der Waals surface area (Å²) in [5.41, 5.74) is 4.60. The molecule has 59 heavy (non-hydrogen) atoms. The van der Waals surface area contributed by atoms with Gasteiger partial charge in [0.2, 0.25) is 47.3 Å². The van der Waals surface area contributed by atoms with Gasteiger partial charge in [-0.15, -0.1) is 11.8 Å². The highest BCUT2D eigenvalue weighted by molar-refractivity contribution is 7.99. The molecular formula is C37H51N9O12S. The summed E-state index contributed by atoms with van der Waals surface area (Å²) in [5.74, 6) is -7.56. The lowest BCUT2D eigenvalue weighted by atomic mass is 9.96. The van der Waals surface area contributed by atoms with Gasteiger partial charge in [0.15, 0.2) is 0 Å². The summed E-state index contributed by atoms with van der Waals surface area (Å²) in [5, 5.41) is 57.9. The largest absolute Gasteiger partial charge is 0.393 e. The summed E-state index contributed by atoms with van der Waals surface area (Å²) in [6, 6.07) is -3.74. The molecule has 22 heteroatoms. The molecule has 322 valence electrons. The molecule has 3 aliphatic heterocycles. The number of benzene rings is 1. The topological polar surface area (TPSA) is 324 Å². The van der Waals surface area contributed by atoms with Crippen LogP contribution in [0.1, 0.15) is 46.1 Å². The number of amides is 8. The van der Waals surface area contributed by atoms with Gasteiger partial charge >= 0.3 is 0 Å². The Labute approximate surface area is 342 Å². The number of hydrogen-bond acceptors (Lipinski definition) is 13. The van der Waals surface area contributed by atoms with E-state index in [4.69, 9.17) is 5.73 Å². The van der Waals surface area contributed by atoms with Crippen LogP contribution in [-0.4, -0.2) is 156 Å². The van der Waals surface area contributed by atoms with Crippen molar-refractivity contribution in [2.24, 2.45) is 5.73 Å². The highest BCUT2D eigenvalue weighted by Crippen LogP contribution is 2.35. The molecule has 4 heterocycles. The van der Waals surface area contributed by atoms with E-state index >= 15 is 0 Å². The minimum Gasteiger partial charge on any atom is -0.393 e. The first-order chi connectivity index (χ1) is 27.7. The Morgan fingerprint density at radius 2 is 1.53 bits per heavy atom. The van der Waals surface area contributed by atoms with Crippen molar-refractivity contribution in [2.75, 3.05) is 18.9 Å². The number of aromatic nitrogens is 1. The third-order valence-corrected chi connectivity index (χ3v) is 11.7. The van der Waals surface area contributed by atoms with E-state index in [1.54, 1.807) is 28.8 Å². The van der Waals surface area contributed by atoms with Gasteiger partial charge in [-0.25, -0.2) is 0 Å². The Kier molecular flexibility index (Phi) is 13.9. The fourth-order valence-corrected chi connectivity index (χ4v) is 8.50. The Balaban J connectivity index is 1.76. The van der Waals surface area contributed by atoms with Gasteiger partial charge < -0.3 is 67.5 Å². The molecule has 8 amide bonds. The van der Waals surface area contributed by atoms with Crippen LogP contribution in [0.5, 0.6) is 0 Å². The molecule has 3 aliphatic rings. The predicted molar refractivity (Wildman–Crippen MR) is 209 cm³/mol. The number of carbonyl (C=O) groups is 8. The number of nitrogens with zero attached hydrogens (tertiary/aromatic N) is 2. The summed E-state index contributed by atoms with van der Waals surface area (Å²) >= 11 is 0.964. The van der Waals surface area contributed by atoms with E-state index < -0.39 is 120 Å². The fraction of sp³-hybridized carbons (Fsp3) is 0.568. The fourth-order valence-electron chi connectivity index (χ4n) is 7.27. The van der Waals surface area contributed by atoms with Crippen molar-refractivity contribution < 1.29 is 58.8 Å². The summed E-state index contributed by atoms with van der Waals surface area (Å²) in [7, 11) is 0. The summed E-state index contributed by atoms with van der Waals surface area (Å²) in [4.78, 5) is 111. The second-order valence-corrected chi connectivity index (χ2v) is 16.5. The van der Waals surface area contributed by atoms with Crippen LogP contribution < -0.4 is 37.6 Å². The number of aliphatic hydroxyl groups is 4. The number of hydrogen-bond donors (Lipinski definition) is 11. The van der Waals surface area contributed by atoms with E-state index in [9.17, 15) is 58.8 Å². The minimum atomic E-state index is -1.95. The molecule has 2 bridgehead atoms. The molecule has 10 unspecified atom stereocenters. The number of fused-ring (bicyclic) bond motifs is 5. The number of para-hydroxylation sites is 1. The van der Waals surface area contributed by atoms with Crippen LogP contribution in [0.2, 0.25) is 0 Å². The van der Waals surface area contributed by atoms with Crippen molar-refractivity contribution in [2.45, 2.75) is 119 Å². The summed E-state index contributed by atoms with van der Waals surface area (Å²) in [6.07, 6.45) is -3.88. The van der Waals surface area contributed by atoms with Gasteiger partial charge in [0.05, 0.1) is 29.4 Å². The maximum Gasteiger partial charge on any atom is 0.246 e. The maximum atomic E-state index is 14.5. The first-order valence-corrected chi connectivity index (χ1v) is 20.0. The molecule has 1 fully saturated rings. The Hall–Kier alpha value is -5.29. The molecule has 0 saturated carbocycles. The van der Waals surface area contributed by atoms with Crippen LogP contribution in [0, 0.1) is 0 Å². The van der Waals surface area contributed by atoms with E-state index in [1.807, 2.05) is 0 Å². The van der Waals surface area contributed by atoms with Gasteiger partial charge in [0.1, 0.15) is 48.8 Å². The minimum absolute atomic E-state index is 0.230. The van der Waals surface area contributed by atoms with Gasteiger partial charge in [-0.3, -0.25) is 38.4 Å². The van der Waals surface area contributed by atoms with Crippen molar-refractivity contribution in [1.82, 2.24) is 41.4 Å². The van der Waals surface area contributed by atoms with Gasteiger partial charge in [-0.05, 0) is 39.3 Å². The number of rotatable bonds is 6. The zero-order valence-electron chi connectivity index (χ0n) is 32.9. The second kappa shape index (κ2) is 18.3. The van der Waals surface area contributed by atoms with Gasteiger partial charge in [-0.2, -0.15) is 0 Å². The first kappa shape index (κ1) is 44.8. The molecule has 1 saturated heterocycles. The van der Waals surface area contributed by atoms with Crippen molar-refractivity contribution in [3.63, 3.8) is 0 Å². The van der Waals surface area contributed by atoms with Crippen molar-refractivity contribution >= 4 is 69.9 Å². The number of carbonyl (C=O) groups excluding carboxylic acids is 8. The first-order valence-electron chi connectivity index (χ1n) is 19.0. The Morgan fingerprint density at radius 1 is 0.898 bits per heavy atom. The lowest BCUT2D eigenvalue weighted by molar-refractivity contribution is -0.142. The molecule has 2 aromatic rings. The molecule has 0 radical (unpaired) electrons. The molecular weight excluding hydrogens is 795 g/mol. The van der Waals surface area contributed by atoms with Crippen LogP contribution in [0.15, 0.2) is 29.3 Å². The molecule has 1 aromatic carbocycles. The predicted octanol–water partition coefficient (Wildman–Crippen LogP) is -4.79. The normalized spacial score (nSPS) is 29.4. The van der Waals surface area contributed by atoms with Crippen LogP contribution in [0.4, 0.5) is 0 Å². The van der Waals surface area contributed by atoms with Crippen LogP contribution in [0.3, 0.4) is 0 Å². The summed E-state index contributed by atoms with van der Waals surface area (Å²) < 4.78 is 1.54. The maximum absolute atomic E-state index is 14.5. The highest BCUT2D eigenvalue weighted by atomic mass is 32.2. The standard InChI is InChI=1S/C37H51N9O12S/c1-16-29(51)41-22-10-21-20-7-5-6-8-25(20)46(13-27(38)50)36(21)59-14-24(35(57)45-12-19(49)9-26(45)33(55)40-16)43-34(56)28(18(3)48)44-30(52)17(2)39-32(54)23(42-31(22)53)11-37(4,58)15-47/h5-8,16-19,22-24,26,28,47-49,58H,9-15H2,1-4H3,(H2,38,50)(H,39,54)(H,40,55)(H,41,51)(H,42,53)(H,43,56)(H,44,52). The van der Waals surface area contributed by atoms with E-state index in [0.717, 1.165) is 16.7 Å². The third-order valence-electron chi connectivity index (χ3n) is 10.4. The number of nitrogens with two attached hydrogens (primary N) is 1. The molecule has 0 aliphatic carbocycles. The SMILES string of the molecule is CC1NC(=O)C(CC(C)(O)CO)NC(=O)C2Cc3c(n(CC(N)=O)c4ccccc34)SCC(NC(=O)C(C(C)O)NC1=O)C(=O)N1CC(O)CC1C(=O)NC(C)C(=O)N2. The average molecular weight is 846 g/mol. The van der Waals surface area contributed by atoms with Gasteiger partial charge in [0.25, 0.3) is 0 Å². The van der Waals surface area contributed by atoms with Crippen LogP contribution in [-0.2, 0) is 51.3 Å². The molecule has 12 N–H and O–H groups in total.